The molecule has 104 valence electrons. The Morgan fingerprint density at radius 1 is 1.15 bits per heavy atom. The van der Waals surface area contributed by atoms with Gasteiger partial charge in [0.15, 0.2) is 5.13 Å². The van der Waals surface area contributed by atoms with Crippen LogP contribution in [0.25, 0.3) is 0 Å². The number of benzene rings is 1. The Morgan fingerprint density at radius 2 is 1.85 bits per heavy atom. The Bertz CT molecular complexity index is 574. The third-order valence-electron chi connectivity index (χ3n) is 3.41. The van der Waals surface area contributed by atoms with E-state index in [1.54, 1.807) is 35.6 Å². The quantitative estimate of drug-likeness (QED) is 0.854. The minimum atomic E-state index is 0.0730. The van der Waals surface area contributed by atoms with Crippen molar-refractivity contribution in [1.82, 2.24) is 9.88 Å². The maximum atomic E-state index is 12.4. The minimum Gasteiger partial charge on any atom is -0.399 e. The van der Waals surface area contributed by atoms with Crippen molar-refractivity contribution in [3.05, 3.63) is 41.4 Å². The van der Waals surface area contributed by atoms with Crippen LogP contribution in [-0.4, -0.2) is 42.0 Å². The summed E-state index contributed by atoms with van der Waals surface area (Å²) in [6, 6.07) is 7.09. The van der Waals surface area contributed by atoms with Crippen molar-refractivity contribution in [3.8, 4) is 0 Å². The van der Waals surface area contributed by atoms with Gasteiger partial charge in [-0.25, -0.2) is 4.98 Å². The van der Waals surface area contributed by atoms with Gasteiger partial charge >= 0.3 is 0 Å². The van der Waals surface area contributed by atoms with E-state index in [9.17, 15) is 4.79 Å². The molecule has 1 aromatic heterocycles. The van der Waals surface area contributed by atoms with Crippen LogP contribution in [0, 0.1) is 0 Å². The molecule has 1 amide bonds. The average molecular weight is 288 g/mol. The van der Waals surface area contributed by atoms with Crippen LogP contribution in [0.3, 0.4) is 0 Å². The first-order chi connectivity index (χ1) is 9.74. The number of hydrogen-bond donors (Lipinski definition) is 1. The summed E-state index contributed by atoms with van der Waals surface area (Å²) in [6.45, 7) is 3.11. The summed E-state index contributed by atoms with van der Waals surface area (Å²) >= 11 is 1.63. The first-order valence-corrected chi connectivity index (χ1v) is 7.41. The average Bonchev–Trinajstić information content (AvgIpc) is 3.02. The van der Waals surface area contributed by atoms with Crippen LogP contribution in [0.4, 0.5) is 10.8 Å². The van der Waals surface area contributed by atoms with Crippen molar-refractivity contribution in [2.45, 2.75) is 0 Å². The highest BCUT2D eigenvalue weighted by molar-refractivity contribution is 7.13. The molecule has 1 saturated heterocycles. The van der Waals surface area contributed by atoms with Crippen LogP contribution in [0.5, 0.6) is 0 Å². The van der Waals surface area contributed by atoms with Gasteiger partial charge in [-0.15, -0.1) is 11.3 Å². The molecule has 2 N–H and O–H groups in total. The molecular weight excluding hydrogens is 272 g/mol. The van der Waals surface area contributed by atoms with Gasteiger partial charge in [0.2, 0.25) is 0 Å². The van der Waals surface area contributed by atoms with Gasteiger partial charge in [0.1, 0.15) is 0 Å². The summed E-state index contributed by atoms with van der Waals surface area (Å²) in [5.74, 6) is 0.0730. The molecule has 1 aromatic carbocycles. The van der Waals surface area contributed by atoms with Gasteiger partial charge in [0.25, 0.3) is 5.91 Å². The van der Waals surface area contributed by atoms with Crippen molar-refractivity contribution >= 4 is 28.1 Å². The van der Waals surface area contributed by atoms with E-state index in [1.807, 2.05) is 16.5 Å². The standard InChI is InChI=1S/C14H16N4OS/c15-12-3-1-11(2-4-12)13(19)17-6-8-18(9-7-17)14-16-5-10-20-14/h1-5,10H,6-9,15H2. The van der Waals surface area contributed by atoms with Gasteiger partial charge in [-0.05, 0) is 24.3 Å². The minimum absolute atomic E-state index is 0.0730. The largest absolute Gasteiger partial charge is 0.399 e. The number of nitrogens with zero attached hydrogens (tertiary/aromatic N) is 3. The molecule has 0 aliphatic carbocycles. The van der Waals surface area contributed by atoms with Crippen LogP contribution >= 0.6 is 11.3 Å². The number of thiazole rings is 1. The molecule has 1 aliphatic heterocycles. The molecule has 1 fully saturated rings. The molecule has 0 atom stereocenters. The second kappa shape index (κ2) is 5.50. The molecule has 0 bridgehead atoms. The molecular formula is C14H16N4OS. The lowest BCUT2D eigenvalue weighted by Crippen LogP contribution is -2.48. The zero-order valence-corrected chi connectivity index (χ0v) is 11.8. The number of rotatable bonds is 2. The first kappa shape index (κ1) is 12.9. The summed E-state index contributed by atoms with van der Waals surface area (Å²) in [4.78, 5) is 20.8. The Labute approximate surface area is 121 Å². The van der Waals surface area contributed by atoms with E-state index in [2.05, 4.69) is 9.88 Å². The molecule has 2 aromatic rings. The summed E-state index contributed by atoms with van der Waals surface area (Å²) in [6.07, 6.45) is 1.81. The Balaban J connectivity index is 1.63. The van der Waals surface area contributed by atoms with Crippen LogP contribution in [0.15, 0.2) is 35.8 Å². The number of nitrogen functional groups attached to an aromatic ring is 1. The molecule has 0 unspecified atom stereocenters. The van der Waals surface area contributed by atoms with Crippen LogP contribution in [0.1, 0.15) is 10.4 Å². The third kappa shape index (κ3) is 2.60. The predicted molar refractivity (Wildman–Crippen MR) is 81.1 cm³/mol. The van der Waals surface area contributed by atoms with Gasteiger partial charge in [0, 0.05) is 49.0 Å². The molecule has 6 heteroatoms. The van der Waals surface area contributed by atoms with E-state index >= 15 is 0 Å². The first-order valence-electron chi connectivity index (χ1n) is 6.53. The van der Waals surface area contributed by atoms with E-state index in [1.165, 1.54) is 0 Å². The smallest absolute Gasteiger partial charge is 0.253 e. The molecule has 3 rings (SSSR count). The Hall–Kier alpha value is -2.08. The van der Waals surface area contributed by atoms with Crippen LogP contribution in [0.2, 0.25) is 0 Å². The molecule has 20 heavy (non-hydrogen) atoms. The van der Waals surface area contributed by atoms with E-state index in [-0.39, 0.29) is 5.91 Å². The van der Waals surface area contributed by atoms with Crippen LogP contribution < -0.4 is 10.6 Å². The molecule has 0 spiro atoms. The van der Waals surface area contributed by atoms with Crippen molar-refractivity contribution in [1.29, 1.82) is 0 Å². The van der Waals surface area contributed by atoms with Crippen molar-refractivity contribution in [3.63, 3.8) is 0 Å². The molecule has 0 radical (unpaired) electrons. The SMILES string of the molecule is Nc1ccc(C(=O)N2CCN(c3nccs3)CC2)cc1. The highest BCUT2D eigenvalue weighted by Gasteiger charge is 2.23. The van der Waals surface area contributed by atoms with Gasteiger partial charge in [-0.1, -0.05) is 0 Å². The normalized spacial score (nSPS) is 15.4. The highest BCUT2D eigenvalue weighted by Crippen LogP contribution is 2.19. The van der Waals surface area contributed by atoms with Crippen molar-refractivity contribution in [2.75, 3.05) is 36.8 Å². The monoisotopic (exact) mass is 288 g/mol. The van der Waals surface area contributed by atoms with E-state index in [0.717, 1.165) is 31.3 Å². The number of nitrogens with two attached hydrogens (primary N) is 1. The van der Waals surface area contributed by atoms with Crippen LogP contribution in [-0.2, 0) is 0 Å². The molecule has 5 nitrogen and oxygen atoms in total. The van der Waals surface area contributed by atoms with Gasteiger partial charge < -0.3 is 15.5 Å². The fourth-order valence-corrected chi connectivity index (χ4v) is 2.98. The summed E-state index contributed by atoms with van der Waals surface area (Å²) in [7, 11) is 0. The Kier molecular flexibility index (Phi) is 3.56. The van der Waals surface area contributed by atoms with Gasteiger partial charge in [-0.2, -0.15) is 0 Å². The molecule has 0 saturated carbocycles. The fraction of sp³-hybridized carbons (Fsp3) is 0.286. The lowest BCUT2D eigenvalue weighted by Gasteiger charge is -2.34. The number of anilines is 2. The maximum absolute atomic E-state index is 12.4. The number of hydrogen-bond acceptors (Lipinski definition) is 5. The third-order valence-corrected chi connectivity index (χ3v) is 4.25. The second-order valence-electron chi connectivity index (χ2n) is 4.72. The number of piperazine rings is 1. The Morgan fingerprint density at radius 3 is 2.45 bits per heavy atom. The summed E-state index contributed by atoms with van der Waals surface area (Å²) < 4.78 is 0. The number of aromatic nitrogens is 1. The lowest BCUT2D eigenvalue weighted by atomic mass is 10.1. The van der Waals surface area contributed by atoms with Crippen molar-refractivity contribution in [2.24, 2.45) is 0 Å². The summed E-state index contributed by atoms with van der Waals surface area (Å²) in [5.41, 5.74) is 7.01. The van der Waals surface area contributed by atoms with E-state index < -0.39 is 0 Å². The zero-order valence-electron chi connectivity index (χ0n) is 11.0. The second-order valence-corrected chi connectivity index (χ2v) is 5.59. The summed E-state index contributed by atoms with van der Waals surface area (Å²) in [5, 5.41) is 3.01. The zero-order chi connectivity index (χ0) is 13.9. The van der Waals surface area contributed by atoms with Gasteiger partial charge in [-0.3, -0.25) is 4.79 Å². The lowest BCUT2D eigenvalue weighted by molar-refractivity contribution is 0.0747. The molecule has 1 aliphatic rings. The molecule has 2 heterocycles. The number of carbonyl (C=O) groups is 1. The maximum Gasteiger partial charge on any atom is 0.253 e. The van der Waals surface area contributed by atoms with Crippen molar-refractivity contribution < 1.29 is 4.79 Å². The highest BCUT2D eigenvalue weighted by atomic mass is 32.1. The number of amides is 1. The number of carbonyl (C=O) groups excluding carboxylic acids is 1. The fourth-order valence-electron chi connectivity index (χ4n) is 2.28. The van der Waals surface area contributed by atoms with E-state index in [4.69, 9.17) is 5.73 Å². The van der Waals surface area contributed by atoms with Gasteiger partial charge in [0.05, 0.1) is 0 Å². The topological polar surface area (TPSA) is 62.5 Å². The van der Waals surface area contributed by atoms with E-state index in [0.29, 0.717) is 11.3 Å². The predicted octanol–water partition coefficient (Wildman–Crippen LogP) is 1.69.